The van der Waals surface area contributed by atoms with Gasteiger partial charge in [0.25, 0.3) is 0 Å². The summed E-state index contributed by atoms with van der Waals surface area (Å²) < 4.78 is 39.7. The normalized spacial score (nSPS) is 14.3. The minimum absolute atomic E-state index is 0. The van der Waals surface area contributed by atoms with Crippen molar-refractivity contribution in [1.82, 2.24) is 15.1 Å². The highest BCUT2D eigenvalue weighted by molar-refractivity contribution is 14.0. The molecule has 0 spiro atoms. The quantitative estimate of drug-likeness (QED) is 0.348. The number of carbonyl (C=O) groups is 1. The topological polar surface area (TPSA) is 75.6 Å². The van der Waals surface area contributed by atoms with Gasteiger partial charge in [0.1, 0.15) is 0 Å². The van der Waals surface area contributed by atoms with Crippen LogP contribution < -0.4 is 14.8 Å². The maximum Gasteiger partial charge on any atom is 0.409 e. The molecule has 1 amide bonds. The van der Waals surface area contributed by atoms with E-state index in [1.807, 2.05) is 4.90 Å². The van der Waals surface area contributed by atoms with E-state index >= 15 is 0 Å². The fourth-order valence-corrected chi connectivity index (χ4v) is 2.85. The van der Waals surface area contributed by atoms with Crippen LogP contribution in [0.2, 0.25) is 0 Å². The van der Waals surface area contributed by atoms with Gasteiger partial charge in [-0.3, -0.25) is 4.99 Å². The molecule has 0 bridgehead atoms. The lowest BCUT2D eigenvalue weighted by atomic mass is 10.2. The van der Waals surface area contributed by atoms with Gasteiger partial charge in [-0.2, -0.15) is 8.78 Å². The zero-order valence-corrected chi connectivity index (χ0v) is 19.0. The number of benzene rings is 1. The fraction of sp³-hybridized carbons (Fsp3) is 0.556. The molecule has 0 saturated carbocycles. The molecule has 11 heteroatoms. The van der Waals surface area contributed by atoms with Crippen LogP contribution in [0.25, 0.3) is 0 Å². The van der Waals surface area contributed by atoms with Crippen molar-refractivity contribution >= 4 is 36.0 Å². The zero-order valence-electron chi connectivity index (χ0n) is 16.7. The molecule has 1 heterocycles. The Balaban J connectivity index is 0.00000420. The summed E-state index contributed by atoms with van der Waals surface area (Å²) in [5.74, 6) is 0.883. The first-order valence-corrected chi connectivity index (χ1v) is 8.97. The van der Waals surface area contributed by atoms with Crippen LogP contribution in [0.15, 0.2) is 23.2 Å². The van der Waals surface area contributed by atoms with E-state index < -0.39 is 6.61 Å². The van der Waals surface area contributed by atoms with Crippen molar-refractivity contribution in [1.29, 1.82) is 0 Å². The summed E-state index contributed by atoms with van der Waals surface area (Å²) in [5.41, 5.74) is 0.739. The molecule has 164 valence electrons. The second-order valence-corrected chi connectivity index (χ2v) is 5.94. The minimum atomic E-state index is -2.93. The molecule has 1 saturated heterocycles. The molecule has 1 fully saturated rings. The second kappa shape index (κ2) is 12.5. The van der Waals surface area contributed by atoms with Gasteiger partial charge in [-0.1, -0.05) is 6.07 Å². The average molecular weight is 528 g/mol. The second-order valence-electron chi connectivity index (χ2n) is 5.94. The third-order valence-electron chi connectivity index (χ3n) is 4.21. The number of aliphatic imine (C=N–C) groups is 1. The minimum Gasteiger partial charge on any atom is -0.493 e. The van der Waals surface area contributed by atoms with Crippen LogP contribution in [0, 0.1) is 0 Å². The maximum atomic E-state index is 12.6. The third-order valence-corrected chi connectivity index (χ3v) is 4.21. The van der Waals surface area contributed by atoms with E-state index in [1.165, 1.54) is 13.2 Å². The molecule has 0 unspecified atom stereocenters. The van der Waals surface area contributed by atoms with E-state index in [2.05, 4.69) is 15.0 Å². The monoisotopic (exact) mass is 528 g/mol. The smallest absolute Gasteiger partial charge is 0.409 e. The Morgan fingerprint density at radius 1 is 1.21 bits per heavy atom. The summed E-state index contributed by atoms with van der Waals surface area (Å²) in [7, 11) is 3.06. The lowest BCUT2D eigenvalue weighted by Crippen LogP contribution is -2.53. The number of halogens is 3. The highest BCUT2D eigenvalue weighted by Gasteiger charge is 2.23. The van der Waals surface area contributed by atoms with Crippen molar-refractivity contribution in [2.75, 3.05) is 46.9 Å². The number of alkyl halides is 2. The summed E-state index contributed by atoms with van der Waals surface area (Å²) in [4.78, 5) is 19.7. The van der Waals surface area contributed by atoms with E-state index in [9.17, 15) is 13.6 Å². The van der Waals surface area contributed by atoms with Crippen LogP contribution in [-0.4, -0.2) is 75.4 Å². The number of rotatable bonds is 6. The average Bonchev–Trinajstić information content (AvgIpc) is 2.69. The summed E-state index contributed by atoms with van der Waals surface area (Å²) in [5, 5.41) is 3.20. The van der Waals surface area contributed by atoms with Crippen molar-refractivity contribution < 1.29 is 27.8 Å². The number of nitrogens with zero attached hydrogens (tertiary/aromatic N) is 3. The van der Waals surface area contributed by atoms with E-state index in [4.69, 9.17) is 9.47 Å². The molecule has 0 aromatic heterocycles. The van der Waals surface area contributed by atoms with Gasteiger partial charge < -0.3 is 29.3 Å². The molecule has 1 aliphatic heterocycles. The Kier molecular flexibility index (Phi) is 10.8. The van der Waals surface area contributed by atoms with E-state index in [0.29, 0.717) is 45.3 Å². The fourth-order valence-electron chi connectivity index (χ4n) is 2.85. The number of amides is 1. The van der Waals surface area contributed by atoms with Gasteiger partial charge in [0.05, 0.1) is 13.7 Å². The predicted octanol–water partition coefficient (Wildman–Crippen LogP) is 2.76. The van der Waals surface area contributed by atoms with Gasteiger partial charge in [-0.05, 0) is 24.6 Å². The summed E-state index contributed by atoms with van der Waals surface area (Å²) >= 11 is 0. The Morgan fingerprint density at radius 3 is 2.41 bits per heavy atom. The van der Waals surface area contributed by atoms with Crippen molar-refractivity contribution in [3.8, 4) is 11.5 Å². The van der Waals surface area contributed by atoms with E-state index in [0.717, 1.165) is 5.56 Å². The molecular weight excluding hydrogens is 501 g/mol. The molecule has 1 aromatic carbocycles. The molecule has 0 aliphatic carbocycles. The van der Waals surface area contributed by atoms with Crippen molar-refractivity contribution in [3.63, 3.8) is 0 Å². The standard InChI is InChI=1S/C18H26F2N4O4.HI/c1-4-27-18(25)24-9-7-23(8-10-24)17(21-2)22-12-13-5-6-14(26-3)15(11-13)28-16(19)20;/h5-6,11,16H,4,7-10,12H2,1-3H3,(H,21,22);1H. The lowest BCUT2D eigenvalue weighted by Gasteiger charge is -2.35. The van der Waals surface area contributed by atoms with Crippen LogP contribution in [0.5, 0.6) is 11.5 Å². The van der Waals surface area contributed by atoms with Crippen LogP contribution in [-0.2, 0) is 11.3 Å². The van der Waals surface area contributed by atoms with Gasteiger partial charge >= 0.3 is 12.7 Å². The Hall–Kier alpha value is -2.05. The molecule has 2 rings (SSSR count). The van der Waals surface area contributed by atoms with Gasteiger partial charge in [-0.25, -0.2) is 4.79 Å². The number of ether oxygens (including phenoxy) is 3. The number of hydrogen-bond acceptors (Lipinski definition) is 5. The van der Waals surface area contributed by atoms with Crippen LogP contribution in [0.3, 0.4) is 0 Å². The molecular formula is C18H27F2IN4O4. The van der Waals surface area contributed by atoms with Crippen LogP contribution in [0.4, 0.5) is 13.6 Å². The number of hydrogen-bond donors (Lipinski definition) is 1. The first-order chi connectivity index (χ1) is 13.5. The molecule has 1 aromatic rings. The highest BCUT2D eigenvalue weighted by Crippen LogP contribution is 2.29. The number of methoxy groups -OCH3 is 1. The molecule has 29 heavy (non-hydrogen) atoms. The van der Waals surface area contributed by atoms with Crippen molar-refractivity contribution in [2.24, 2.45) is 4.99 Å². The number of carbonyl (C=O) groups excluding carboxylic acids is 1. The largest absolute Gasteiger partial charge is 0.493 e. The number of nitrogens with one attached hydrogen (secondary N) is 1. The van der Waals surface area contributed by atoms with Crippen molar-refractivity contribution in [2.45, 2.75) is 20.1 Å². The first kappa shape index (κ1) is 25.0. The highest BCUT2D eigenvalue weighted by atomic mass is 127. The maximum absolute atomic E-state index is 12.6. The van der Waals surface area contributed by atoms with E-state index in [1.54, 1.807) is 31.0 Å². The Labute approximate surface area is 186 Å². The van der Waals surface area contributed by atoms with Gasteiger partial charge in [-0.15, -0.1) is 24.0 Å². The van der Waals surface area contributed by atoms with Gasteiger partial charge in [0, 0.05) is 39.8 Å². The Morgan fingerprint density at radius 2 is 1.86 bits per heavy atom. The van der Waals surface area contributed by atoms with Crippen LogP contribution >= 0.6 is 24.0 Å². The van der Waals surface area contributed by atoms with Gasteiger partial charge in [0.15, 0.2) is 17.5 Å². The Bertz CT molecular complexity index is 686. The number of piperazine rings is 1. The van der Waals surface area contributed by atoms with E-state index in [-0.39, 0.29) is 41.6 Å². The summed E-state index contributed by atoms with van der Waals surface area (Å²) in [6, 6.07) is 4.84. The molecule has 8 nitrogen and oxygen atoms in total. The first-order valence-electron chi connectivity index (χ1n) is 8.97. The number of guanidine groups is 1. The van der Waals surface area contributed by atoms with Crippen LogP contribution in [0.1, 0.15) is 12.5 Å². The molecule has 0 radical (unpaired) electrons. The molecule has 1 N–H and O–H groups in total. The lowest BCUT2D eigenvalue weighted by molar-refractivity contribution is -0.0512. The SMILES string of the molecule is CCOC(=O)N1CCN(C(=NC)NCc2ccc(OC)c(OC(F)F)c2)CC1.I. The summed E-state index contributed by atoms with van der Waals surface area (Å²) in [6.45, 7) is 1.86. The zero-order chi connectivity index (χ0) is 20.5. The summed E-state index contributed by atoms with van der Waals surface area (Å²) in [6.07, 6.45) is -0.310. The molecule has 0 atom stereocenters. The van der Waals surface area contributed by atoms with Gasteiger partial charge in [0.2, 0.25) is 0 Å². The van der Waals surface area contributed by atoms with Crippen molar-refractivity contribution in [3.05, 3.63) is 23.8 Å². The molecule has 1 aliphatic rings. The predicted molar refractivity (Wildman–Crippen MR) is 115 cm³/mol. The third kappa shape index (κ3) is 7.37.